The van der Waals surface area contributed by atoms with E-state index >= 15 is 0 Å². The van der Waals surface area contributed by atoms with Crippen molar-refractivity contribution in [3.63, 3.8) is 0 Å². The monoisotopic (exact) mass is 400 g/mol. The Bertz CT molecular complexity index is 848. The zero-order valence-corrected chi connectivity index (χ0v) is 18.2. The highest BCUT2D eigenvalue weighted by Gasteiger charge is 2.41. The number of hydrogen-bond donors (Lipinski definition) is 0. The number of carbonyl (C=O) groups is 2. The van der Waals surface area contributed by atoms with Gasteiger partial charge in [0.25, 0.3) is 0 Å². The second-order valence-electron chi connectivity index (χ2n) is 8.48. The Hall–Kier alpha value is -2.08. The van der Waals surface area contributed by atoms with E-state index in [0.29, 0.717) is 28.6 Å². The molecule has 0 aliphatic carbocycles. The molecule has 28 heavy (non-hydrogen) atoms. The third-order valence-corrected chi connectivity index (χ3v) is 5.82. The van der Waals surface area contributed by atoms with Gasteiger partial charge in [-0.3, -0.25) is 9.69 Å². The van der Waals surface area contributed by atoms with Crippen LogP contribution in [0.3, 0.4) is 0 Å². The van der Waals surface area contributed by atoms with E-state index in [1.807, 2.05) is 32.9 Å². The van der Waals surface area contributed by atoms with E-state index in [2.05, 4.69) is 37.9 Å². The Balaban J connectivity index is 2.10. The molecule has 0 bridgehead atoms. The van der Waals surface area contributed by atoms with Crippen LogP contribution in [0.25, 0.3) is 0 Å². The Morgan fingerprint density at radius 2 is 1.89 bits per heavy atom. The number of thioether (sulfide) groups is 1. The molecule has 150 valence electrons. The first kappa shape index (κ1) is 20.6. The number of allylic oxidation sites excluding steroid dienone is 1. The number of fused-ring (bicyclic) bond motifs is 1. The largest absolute Gasteiger partial charge is 0.459 e. The average Bonchev–Trinajstić information content (AvgIpc) is 2.59. The van der Waals surface area contributed by atoms with Crippen LogP contribution < -0.4 is 0 Å². The van der Waals surface area contributed by atoms with Gasteiger partial charge < -0.3 is 4.74 Å². The Morgan fingerprint density at radius 3 is 2.46 bits per heavy atom. The number of amidine groups is 1. The van der Waals surface area contributed by atoms with Gasteiger partial charge in [-0.15, -0.1) is 0 Å². The van der Waals surface area contributed by atoms with Crippen molar-refractivity contribution < 1.29 is 14.3 Å². The van der Waals surface area contributed by atoms with Gasteiger partial charge in [-0.05, 0) is 37.3 Å². The molecule has 1 amide bonds. The average molecular weight is 401 g/mol. The van der Waals surface area contributed by atoms with Gasteiger partial charge in [0.2, 0.25) is 5.91 Å². The number of esters is 1. The van der Waals surface area contributed by atoms with Gasteiger partial charge in [0.15, 0.2) is 5.17 Å². The van der Waals surface area contributed by atoms with Crippen LogP contribution in [-0.4, -0.2) is 33.8 Å². The van der Waals surface area contributed by atoms with Crippen LogP contribution >= 0.6 is 11.8 Å². The fourth-order valence-electron chi connectivity index (χ4n) is 3.42. The molecule has 1 atom stereocenters. The van der Waals surface area contributed by atoms with Crippen LogP contribution in [0.5, 0.6) is 0 Å². The fraction of sp³-hybridized carbons (Fsp3) is 0.500. The lowest BCUT2D eigenvalue weighted by atomic mass is 9.85. The fourth-order valence-corrected chi connectivity index (χ4v) is 4.42. The normalized spacial score (nSPS) is 20.2. The highest BCUT2D eigenvalue weighted by Crippen LogP contribution is 2.40. The number of aliphatic imine (C=N–C) groups is 1. The van der Waals surface area contributed by atoms with Crippen molar-refractivity contribution in [2.75, 3.05) is 5.75 Å². The van der Waals surface area contributed by atoms with Crippen molar-refractivity contribution >= 4 is 28.8 Å². The predicted molar refractivity (Wildman–Crippen MR) is 113 cm³/mol. The molecule has 6 heteroatoms. The summed E-state index contributed by atoms with van der Waals surface area (Å²) < 4.78 is 5.49. The summed E-state index contributed by atoms with van der Waals surface area (Å²) in [6, 6.07) is 7.66. The number of nitrogens with zero attached hydrogens (tertiary/aromatic N) is 2. The molecule has 1 aromatic rings. The van der Waals surface area contributed by atoms with E-state index < -0.39 is 12.0 Å². The standard InChI is InChI=1S/C22H28N2O3S/c1-13(2)27-20(26)18-14(3)23-21-24(17(25)11-12-28-21)19(18)15-7-9-16(10-8-15)22(4,5)6/h7-10,13,19H,11-12H2,1-6H3/t19-/m1/s1. The van der Waals surface area contributed by atoms with Crippen LogP contribution in [0.2, 0.25) is 0 Å². The lowest BCUT2D eigenvalue weighted by Gasteiger charge is -2.39. The molecular formula is C22H28N2O3S. The Labute approximate surface area is 171 Å². The zero-order chi connectivity index (χ0) is 20.6. The van der Waals surface area contributed by atoms with Crippen molar-refractivity contribution in [1.29, 1.82) is 0 Å². The van der Waals surface area contributed by atoms with Gasteiger partial charge in [-0.2, -0.15) is 0 Å². The van der Waals surface area contributed by atoms with E-state index in [1.54, 1.807) is 16.7 Å². The summed E-state index contributed by atoms with van der Waals surface area (Å²) in [4.78, 5) is 31.9. The summed E-state index contributed by atoms with van der Waals surface area (Å²) >= 11 is 1.56. The number of amides is 1. The predicted octanol–water partition coefficient (Wildman–Crippen LogP) is 4.59. The molecule has 3 rings (SSSR count). The smallest absolute Gasteiger partial charge is 0.338 e. The molecule has 2 aliphatic rings. The number of hydrogen-bond acceptors (Lipinski definition) is 5. The van der Waals surface area contributed by atoms with E-state index in [0.717, 1.165) is 5.56 Å². The van der Waals surface area contributed by atoms with Crippen LogP contribution in [0.15, 0.2) is 40.5 Å². The minimum Gasteiger partial charge on any atom is -0.459 e. The first-order chi connectivity index (χ1) is 13.1. The zero-order valence-electron chi connectivity index (χ0n) is 17.4. The molecular weight excluding hydrogens is 372 g/mol. The molecule has 0 spiro atoms. The maximum Gasteiger partial charge on any atom is 0.338 e. The molecule has 1 fully saturated rings. The van der Waals surface area contributed by atoms with Gasteiger partial charge in [0.05, 0.1) is 23.4 Å². The highest BCUT2D eigenvalue weighted by atomic mass is 32.2. The molecule has 0 aromatic heterocycles. The van der Waals surface area contributed by atoms with E-state index in [1.165, 1.54) is 5.56 Å². The van der Waals surface area contributed by atoms with E-state index in [-0.39, 0.29) is 17.4 Å². The molecule has 1 aromatic carbocycles. The quantitative estimate of drug-likeness (QED) is 0.697. The third kappa shape index (κ3) is 4.02. The third-order valence-electron chi connectivity index (χ3n) is 4.86. The lowest BCUT2D eigenvalue weighted by Crippen LogP contribution is -2.46. The van der Waals surface area contributed by atoms with E-state index in [4.69, 9.17) is 4.74 Å². The summed E-state index contributed by atoms with van der Waals surface area (Å²) in [5.41, 5.74) is 3.18. The molecule has 1 saturated heterocycles. The van der Waals surface area contributed by atoms with Gasteiger partial charge in [0, 0.05) is 12.2 Å². The van der Waals surface area contributed by atoms with Crippen molar-refractivity contribution in [2.45, 2.75) is 65.5 Å². The summed E-state index contributed by atoms with van der Waals surface area (Å²) in [5.74, 6) is 0.288. The van der Waals surface area contributed by atoms with Crippen molar-refractivity contribution in [3.8, 4) is 0 Å². The molecule has 2 heterocycles. The van der Waals surface area contributed by atoms with Crippen LogP contribution in [0.4, 0.5) is 0 Å². The van der Waals surface area contributed by atoms with Gasteiger partial charge in [-0.25, -0.2) is 9.79 Å². The van der Waals surface area contributed by atoms with Gasteiger partial charge in [0.1, 0.15) is 0 Å². The molecule has 5 nitrogen and oxygen atoms in total. The van der Waals surface area contributed by atoms with E-state index in [9.17, 15) is 9.59 Å². The van der Waals surface area contributed by atoms with Crippen molar-refractivity contribution in [2.24, 2.45) is 4.99 Å². The van der Waals surface area contributed by atoms with Crippen LogP contribution in [0, 0.1) is 0 Å². The first-order valence-electron chi connectivity index (χ1n) is 9.65. The first-order valence-corrected chi connectivity index (χ1v) is 10.6. The summed E-state index contributed by atoms with van der Waals surface area (Å²) in [5, 5.41) is 0.666. The maximum absolute atomic E-state index is 12.9. The Kier molecular flexibility index (Phi) is 5.71. The Morgan fingerprint density at radius 1 is 1.25 bits per heavy atom. The van der Waals surface area contributed by atoms with Crippen molar-refractivity contribution in [1.82, 2.24) is 4.90 Å². The lowest BCUT2D eigenvalue weighted by molar-refractivity contribution is -0.143. The maximum atomic E-state index is 12.9. The van der Waals surface area contributed by atoms with Crippen LogP contribution in [-0.2, 0) is 19.7 Å². The second kappa shape index (κ2) is 7.74. The minimum atomic E-state index is -0.506. The summed E-state index contributed by atoms with van der Waals surface area (Å²) in [6.45, 7) is 11.9. The number of benzene rings is 1. The van der Waals surface area contributed by atoms with Gasteiger partial charge in [-0.1, -0.05) is 56.8 Å². The van der Waals surface area contributed by atoms with Crippen LogP contribution in [0.1, 0.15) is 65.1 Å². The topological polar surface area (TPSA) is 59.0 Å². The minimum absolute atomic E-state index is 0.00950. The highest BCUT2D eigenvalue weighted by molar-refractivity contribution is 8.14. The number of rotatable bonds is 3. The molecule has 0 radical (unpaired) electrons. The second-order valence-corrected chi connectivity index (χ2v) is 9.55. The molecule has 2 aliphatic heterocycles. The molecule has 0 unspecified atom stereocenters. The molecule has 0 N–H and O–H groups in total. The number of carbonyl (C=O) groups excluding carboxylic acids is 2. The van der Waals surface area contributed by atoms with Crippen molar-refractivity contribution in [3.05, 3.63) is 46.7 Å². The van der Waals surface area contributed by atoms with Gasteiger partial charge >= 0.3 is 5.97 Å². The molecule has 0 saturated carbocycles. The summed E-state index contributed by atoms with van der Waals surface area (Å²) in [7, 11) is 0. The summed E-state index contributed by atoms with van der Waals surface area (Å²) in [6.07, 6.45) is 0.194. The SMILES string of the molecule is CC1=C(C(=O)OC(C)C)[C@@H](c2ccc(C(C)(C)C)cc2)N2C(=O)CCSC2=N1. The number of ether oxygens (including phenoxy) is 1.